The van der Waals surface area contributed by atoms with E-state index in [9.17, 15) is 4.79 Å². The van der Waals surface area contributed by atoms with Crippen molar-refractivity contribution in [2.45, 2.75) is 6.42 Å². The number of hydrogen-bond acceptors (Lipinski definition) is 4. The standard InChI is InChI=1S/C15H17N3O2/c1-20-14-8-12(7-13(16)9-14)15(19)18-6-4-11-3-2-5-17-10-11/h2-3,5,7-10H,4,6,16H2,1H3,(H,18,19). The molecular weight excluding hydrogens is 254 g/mol. The fraction of sp³-hybridized carbons (Fsp3) is 0.200. The molecule has 0 spiro atoms. The van der Waals surface area contributed by atoms with E-state index in [1.165, 1.54) is 0 Å². The van der Waals surface area contributed by atoms with E-state index >= 15 is 0 Å². The van der Waals surface area contributed by atoms with Gasteiger partial charge in [0.15, 0.2) is 0 Å². The van der Waals surface area contributed by atoms with Gasteiger partial charge in [-0.25, -0.2) is 0 Å². The number of methoxy groups -OCH3 is 1. The number of aromatic nitrogens is 1. The molecule has 3 N–H and O–H groups in total. The molecule has 0 radical (unpaired) electrons. The number of carbonyl (C=O) groups is 1. The minimum absolute atomic E-state index is 0.167. The summed E-state index contributed by atoms with van der Waals surface area (Å²) in [6.07, 6.45) is 4.25. The van der Waals surface area contributed by atoms with Crippen LogP contribution in [0.4, 0.5) is 5.69 Å². The lowest BCUT2D eigenvalue weighted by Crippen LogP contribution is -2.25. The maximum absolute atomic E-state index is 12.0. The van der Waals surface area contributed by atoms with Crippen LogP contribution >= 0.6 is 0 Å². The van der Waals surface area contributed by atoms with Crippen LogP contribution in [0, 0.1) is 0 Å². The van der Waals surface area contributed by atoms with Gasteiger partial charge in [0.25, 0.3) is 5.91 Å². The molecule has 2 rings (SSSR count). The Balaban J connectivity index is 1.93. The van der Waals surface area contributed by atoms with Gasteiger partial charge in [0.2, 0.25) is 0 Å². The first-order valence-electron chi connectivity index (χ1n) is 6.30. The number of nitrogen functional groups attached to an aromatic ring is 1. The second-order valence-electron chi connectivity index (χ2n) is 4.36. The van der Waals surface area contributed by atoms with Gasteiger partial charge in [0.05, 0.1) is 7.11 Å². The number of carbonyl (C=O) groups excluding carboxylic acids is 1. The highest BCUT2D eigenvalue weighted by Crippen LogP contribution is 2.18. The molecule has 1 aromatic heterocycles. The number of hydrogen-bond donors (Lipinski definition) is 2. The van der Waals surface area contributed by atoms with Crippen LogP contribution in [0.1, 0.15) is 15.9 Å². The van der Waals surface area contributed by atoms with Gasteiger partial charge in [-0.2, -0.15) is 0 Å². The number of pyridine rings is 1. The Bertz CT molecular complexity index is 585. The van der Waals surface area contributed by atoms with Gasteiger partial charge >= 0.3 is 0 Å². The number of anilines is 1. The van der Waals surface area contributed by atoms with Crippen LogP contribution in [0.2, 0.25) is 0 Å². The summed E-state index contributed by atoms with van der Waals surface area (Å²) in [7, 11) is 1.54. The number of nitrogens with zero attached hydrogens (tertiary/aromatic N) is 1. The maximum Gasteiger partial charge on any atom is 0.251 e. The number of rotatable bonds is 5. The highest BCUT2D eigenvalue weighted by atomic mass is 16.5. The van der Waals surface area contributed by atoms with Crippen LogP contribution in [0.5, 0.6) is 5.75 Å². The highest BCUT2D eigenvalue weighted by Gasteiger charge is 2.07. The van der Waals surface area contributed by atoms with E-state index in [2.05, 4.69) is 10.3 Å². The molecule has 5 heteroatoms. The van der Waals surface area contributed by atoms with Gasteiger partial charge in [-0.1, -0.05) is 6.07 Å². The predicted molar refractivity (Wildman–Crippen MR) is 77.7 cm³/mol. The second-order valence-corrected chi connectivity index (χ2v) is 4.36. The summed E-state index contributed by atoms with van der Waals surface area (Å²) in [6, 6.07) is 8.81. The number of amides is 1. The zero-order chi connectivity index (χ0) is 14.4. The lowest BCUT2D eigenvalue weighted by Gasteiger charge is -2.08. The Kier molecular flexibility index (Phi) is 4.55. The van der Waals surface area contributed by atoms with Gasteiger partial charge in [-0.3, -0.25) is 9.78 Å². The number of nitrogens with one attached hydrogen (secondary N) is 1. The van der Waals surface area contributed by atoms with Crippen molar-refractivity contribution in [2.75, 3.05) is 19.4 Å². The van der Waals surface area contributed by atoms with E-state index in [1.54, 1.807) is 37.7 Å². The molecule has 0 fully saturated rings. The minimum atomic E-state index is -0.167. The van der Waals surface area contributed by atoms with Gasteiger partial charge in [0, 0.05) is 36.3 Å². The molecule has 1 aromatic carbocycles. The zero-order valence-electron chi connectivity index (χ0n) is 11.3. The van der Waals surface area contributed by atoms with Crippen molar-refractivity contribution in [3.63, 3.8) is 0 Å². The fourth-order valence-electron chi connectivity index (χ4n) is 1.84. The quantitative estimate of drug-likeness (QED) is 0.810. The summed E-state index contributed by atoms with van der Waals surface area (Å²) in [5.41, 5.74) is 7.80. The fourth-order valence-corrected chi connectivity index (χ4v) is 1.84. The third kappa shape index (κ3) is 3.71. The van der Waals surface area contributed by atoms with Crippen molar-refractivity contribution in [3.8, 4) is 5.75 Å². The molecule has 0 atom stereocenters. The number of nitrogens with two attached hydrogens (primary N) is 1. The van der Waals surface area contributed by atoms with Crippen LogP contribution in [0.3, 0.4) is 0 Å². The summed E-state index contributed by atoms with van der Waals surface area (Å²) in [6.45, 7) is 0.543. The predicted octanol–water partition coefficient (Wildman–Crippen LogP) is 1.64. The van der Waals surface area contributed by atoms with Crippen molar-refractivity contribution in [1.82, 2.24) is 10.3 Å². The number of ether oxygens (including phenoxy) is 1. The van der Waals surface area contributed by atoms with E-state index in [4.69, 9.17) is 10.5 Å². The van der Waals surface area contributed by atoms with Crippen molar-refractivity contribution >= 4 is 11.6 Å². The van der Waals surface area contributed by atoms with Gasteiger partial charge in [0.1, 0.15) is 5.75 Å². The van der Waals surface area contributed by atoms with Crippen LogP contribution in [-0.4, -0.2) is 24.5 Å². The van der Waals surface area contributed by atoms with Crippen LogP contribution < -0.4 is 15.8 Å². The molecule has 0 saturated carbocycles. The molecule has 0 unspecified atom stereocenters. The molecule has 20 heavy (non-hydrogen) atoms. The van der Waals surface area contributed by atoms with E-state index in [0.29, 0.717) is 23.5 Å². The molecule has 0 aliphatic carbocycles. The zero-order valence-corrected chi connectivity index (χ0v) is 11.3. The van der Waals surface area contributed by atoms with Crippen LogP contribution in [-0.2, 0) is 6.42 Å². The Morgan fingerprint density at radius 2 is 2.25 bits per heavy atom. The molecule has 0 aliphatic heterocycles. The molecule has 0 saturated heterocycles. The first kappa shape index (κ1) is 13.9. The summed E-state index contributed by atoms with van der Waals surface area (Å²) in [5, 5.41) is 2.85. The third-order valence-corrected chi connectivity index (χ3v) is 2.85. The van der Waals surface area contributed by atoms with Crippen molar-refractivity contribution in [1.29, 1.82) is 0 Å². The Morgan fingerprint density at radius 3 is 2.95 bits per heavy atom. The van der Waals surface area contributed by atoms with Crippen molar-refractivity contribution in [2.24, 2.45) is 0 Å². The van der Waals surface area contributed by atoms with E-state index in [0.717, 1.165) is 12.0 Å². The number of benzene rings is 1. The summed E-state index contributed by atoms with van der Waals surface area (Å²) >= 11 is 0. The minimum Gasteiger partial charge on any atom is -0.497 e. The average Bonchev–Trinajstić information content (AvgIpc) is 2.47. The summed E-state index contributed by atoms with van der Waals surface area (Å²) in [4.78, 5) is 16.0. The smallest absolute Gasteiger partial charge is 0.251 e. The monoisotopic (exact) mass is 271 g/mol. The first-order chi connectivity index (χ1) is 9.69. The molecule has 104 valence electrons. The van der Waals surface area contributed by atoms with Gasteiger partial charge in [-0.05, 0) is 30.2 Å². The van der Waals surface area contributed by atoms with Crippen molar-refractivity contribution in [3.05, 3.63) is 53.9 Å². The average molecular weight is 271 g/mol. The molecular formula is C15H17N3O2. The maximum atomic E-state index is 12.0. The van der Waals surface area contributed by atoms with E-state index in [-0.39, 0.29) is 5.91 Å². The molecule has 1 heterocycles. The Hall–Kier alpha value is -2.56. The lowest BCUT2D eigenvalue weighted by molar-refractivity contribution is 0.0954. The first-order valence-corrected chi connectivity index (χ1v) is 6.30. The van der Waals surface area contributed by atoms with E-state index < -0.39 is 0 Å². The third-order valence-electron chi connectivity index (χ3n) is 2.85. The second kappa shape index (κ2) is 6.56. The highest BCUT2D eigenvalue weighted by molar-refractivity contribution is 5.95. The van der Waals surface area contributed by atoms with Crippen LogP contribution in [0.25, 0.3) is 0 Å². The van der Waals surface area contributed by atoms with Crippen molar-refractivity contribution < 1.29 is 9.53 Å². The summed E-state index contributed by atoms with van der Waals surface area (Å²) < 4.78 is 5.09. The van der Waals surface area contributed by atoms with Gasteiger partial charge < -0.3 is 15.8 Å². The largest absolute Gasteiger partial charge is 0.497 e. The molecule has 0 aliphatic rings. The SMILES string of the molecule is COc1cc(N)cc(C(=O)NCCc2cccnc2)c1. The Labute approximate surface area is 117 Å². The van der Waals surface area contributed by atoms with Crippen LogP contribution in [0.15, 0.2) is 42.7 Å². The Morgan fingerprint density at radius 1 is 1.40 bits per heavy atom. The van der Waals surface area contributed by atoms with E-state index in [1.807, 2.05) is 12.1 Å². The lowest BCUT2D eigenvalue weighted by atomic mass is 10.1. The molecule has 1 amide bonds. The molecule has 5 nitrogen and oxygen atoms in total. The molecule has 0 bridgehead atoms. The normalized spacial score (nSPS) is 10.1. The molecule has 2 aromatic rings. The summed E-state index contributed by atoms with van der Waals surface area (Å²) in [5.74, 6) is 0.405. The van der Waals surface area contributed by atoms with Gasteiger partial charge in [-0.15, -0.1) is 0 Å². The topological polar surface area (TPSA) is 77.2 Å².